The molecule has 1 saturated carbocycles. The first kappa shape index (κ1) is 13.1. The molecule has 18 heavy (non-hydrogen) atoms. The van der Waals surface area contributed by atoms with Gasteiger partial charge in [0, 0.05) is 25.3 Å². The molecule has 4 nitrogen and oxygen atoms in total. The third kappa shape index (κ3) is 3.88. The SMILES string of the molecule is O=C(CCc1ccco1)NCC1CCCCC1O. The van der Waals surface area contributed by atoms with E-state index in [0.29, 0.717) is 19.4 Å². The Morgan fingerprint density at radius 1 is 1.44 bits per heavy atom. The van der Waals surface area contributed by atoms with E-state index >= 15 is 0 Å². The average molecular weight is 251 g/mol. The number of hydrogen-bond acceptors (Lipinski definition) is 3. The molecule has 2 unspecified atom stereocenters. The molecule has 0 radical (unpaired) electrons. The Labute approximate surface area is 107 Å². The molecule has 1 amide bonds. The van der Waals surface area contributed by atoms with Gasteiger partial charge in [0.1, 0.15) is 5.76 Å². The molecule has 0 aliphatic heterocycles. The largest absolute Gasteiger partial charge is 0.469 e. The van der Waals surface area contributed by atoms with Crippen LogP contribution in [0.15, 0.2) is 22.8 Å². The summed E-state index contributed by atoms with van der Waals surface area (Å²) in [5.74, 6) is 1.10. The maximum Gasteiger partial charge on any atom is 0.220 e. The van der Waals surface area contributed by atoms with Gasteiger partial charge in [-0.25, -0.2) is 0 Å². The third-order valence-electron chi connectivity index (χ3n) is 3.61. The van der Waals surface area contributed by atoms with Crippen molar-refractivity contribution in [1.82, 2.24) is 5.32 Å². The van der Waals surface area contributed by atoms with E-state index in [1.807, 2.05) is 12.1 Å². The lowest BCUT2D eigenvalue weighted by atomic mass is 9.86. The first-order valence-corrected chi connectivity index (χ1v) is 6.73. The summed E-state index contributed by atoms with van der Waals surface area (Å²) in [7, 11) is 0. The van der Waals surface area contributed by atoms with E-state index in [-0.39, 0.29) is 17.9 Å². The van der Waals surface area contributed by atoms with Gasteiger partial charge in [-0.2, -0.15) is 0 Å². The smallest absolute Gasteiger partial charge is 0.220 e. The molecule has 0 aromatic carbocycles. The standard InChI is InChI=1S/C14H21NO3/c16-13-6-2-1-4-11(13)10-15-14(17)8-7-12-5-3-9-18-12/h3,5,9,11,13,16H,1-2,4,6-8,10H2,(H,15,17). The highest BCUT2D eigenvalue weighted by molar-refractivity contribution is 5.76. The maximum absolute atomic E-state index is 11.7. The molecule has 2 rings (SSSR count). The van der Waals surface area contributed by atoms with Crippen LogP contribution in [0.3, 0.4) is 0 Å². The molecule has 1 fully saturated rings. The van der Waals surface area contributed by atoms with E-state index in [1.165, 1.54) is 0 Å². The van der Waals surface area contributed by atoms with Crippen LogP contribution in [0.2, 0.25) is 0 Å². The Morgan fingerprint density at radius 3 is 3.00 bits per heavy atom. The number of carbonyl (C=O) groups excluding carboxylic acids is 1. The topological polar surface area (TPSA) is 62.5 Å². The predicted molar refractivity (Wildman–Crippen MR) is 68.0 cm³/mol. The van der Waals surface area contributed by atoms with Gasteiger partial charge in [0.05, 0.1) is 12.4 Å². The van der Waals surface area contributed by atoms with Crippen LogP contribution in [-0.4, -0.2) is 23.7 Å². The van der Waals surface area contributed by atoms with Gasteiger partial charge in [-0.1, -0.05) is 12.8 Å². The minimum Gasteiger partial charge on any atom is -0.469 e. The normalized spacial score (nSPS) is 23.8. The molecule has 2 atom stereocenters. The highest BCUT2D eigenvalue weighted by Crippen LogP contribution is 2.23. The van der Waals surface area contributed by atoms with Gasteiger partial charge >= 0.3 is 0 Å². The Kier molecular flexibility index (Phi) is 4.81. The summed E-state index contributed by atoms with van der Waals surface area (Å²) in [6.45, 7) is 0.595. The second-order valence-electron chi connectivity index (χ2n) is 5.00. The van der Waals surface area contributed by atoms with Crippen molar-refractivity contribution in [2.75, 3.05) is 6.54 Å². The molecule has 1 heterocycles. The fourth-order valence-electron chi connectivity index (χ4n) is 2.45. The predicted octanol–water partition coefficient (Wildman–Crippen LogP) is 1.88. The Bertz CT molecular complexity index is 361. The summed E-state index contributed by atoms with van der Waals surface area (Å²) in [6.07, 6.45) is 6.58. The lowest BCUT2D eigenvalue weighted by Crippen LogP contribution is -2.36. The van der Waals surface area contributed by atoms with Crippen molar-refractivity contribution in [3.8, 4) is 0 Å². The summed E-state index contributed by atoms with van der Waals surface area (Å²) >= 11 is 0. The number of aryl methyl sites for hydroxylation is 1. The molecule has 0 bridgehead atoms. The number of amides is 1. The van der Waals surface area contributed by atoms with Crippen LogP contribution in [0.25, 0.3) is 0 Å². The highest BCUT2D eigenvalue weighted by atomic mass is 16.3. The van der Waals surface area contributed by atoms with Crippen LogP contribution in [0.1, 0.15) is 37.9 Å². The number of rotatable bonds is 5. The summed E-state index contributed by atoms with van der Waals surface area (Å²) in [4.78, 5) is 11.7. The number of hydrogen-bond donors (Lipinski definition) is 2. The molecule has 0 saturated heterocycles. The van der Waals surface area contributed by atoms with E-state index in [1.54, 1.807) is 6.26 Å². The number of aliphatic hydroxyl groups is 1. The first-order chi connectivity index (χ1) is 8.75. The van der Waals surface area contributed by atoms with E-state index in [0.717, 1.165) is 31.4 Å². The molecule has 100 valence electrons. The number of aliphatic hydroxyl groups excluding tert-OH is 1. The maximum atomic E-state index is 11.7. The molecule has 4 heteroatoms. The number of nitrogens with one attached hydrogen (secondary N) is 1. The van der Waals surface area contributed by atoms with Crippen LogP contribution in [0.4, 0.5) is 0 Å². The average Bonchev–Trinajstić information content (AvgIpc) is 2.88. The molecular weight excluding hydrogens is 230 g/mol. The minimum atomic E-state index is -0.246. The van der Waals surface area contributed by atoms with Crippen molar-refractivity contribution < 1.29 is 14.3 Å². The quantitative estimate of drug-likeness (QED) is 0.840. The molecule has 1 aromatic heterocycles. The molecule has 1 aliphatic rings. The molecular formula is C14H21NO3. The highest BCUT2D eigenvalue weighted by Gasteiger charge is 2.23. The van der Waals surface area contributed by atoms with Crippen LogP contribution in [-0.2, 0) is 11.2 Å². The van der Waals surface area contributed by atoms with Gasteiger partial charge in [0.15, 0.2) is 0 Å². The Balaban J connectivity index is 1.65. The number of carbonyl (C=O) groups is 1. The van der Waals surface area contributed by atoms with Crippen LogP contribution >= 0.6 is 0 Å². The molecule has 0 spiro atoms. The third-order valence-corrected chi connectivity index (χ3v) is 3.61. The summed E-state index contributed by atoms with van der Waals surface area (Å²) < 4.78 is 5.18. The van der Waals surface area contributed by atoms with Crippen molar-refractivity contribution in [2.24, 2.45) is 5.92 Å². The van der Waals surface area contributed by atoms with E-state index in [4.69, 9.17) is 4.42 Å². The van der Waals surface area contributed by atoms with Crippen molar-refractivity contribution >= 4 is 5.91 Å². The molecule has 2 N–H and O–H groups in total. The van der Waals surface area contributed by atoms with Crippen LogP contribution in [0, 0.1) is 5.92 Å². The summed E-state index contributed by atoms with van der Waals surface area (Å²) in [6, 6.07) is 3.70. The lowest BCUT2D eigenvalue weighted by molar-refractivity contribution is -0.121. The Morgan fingerprint density at radius 2 is 2.28 bits per heavy atom. The van der Waals surface area contributed by atoms with E-state index in [9.17, 15) is 9.90 Å². The van der Waals surface area contributed by atoms with E-state index in [2.05, 4.69) is 5.32 Å². The Hall–Kier alpha value is -1.29. The van der Waals surface area contributed by atoms with Crippen molar-refractivity contribution in [3.05, 3.63) is 24.2 Å². The van der Waals surface area contributed by atoms with E-state index < -0.39 is 0 Å². The fourth-order valence-corrected chi connectivity index (χ4v) is 2.45. The number of furan rings is 1. The zero-order valence-corrected chi connectivity index (χ0v) is 10.6. The lowest BCUT2D eigenvalue weighted by Gasteiger charge is -2.27. The van der Waals surface area contributed by atoms with Gasteiger partial charge in [0.2, 0.25) is 5.91 Å². The minimum absolute atomic E-state index is 0.0316. The first-order valence-electron chi connectivity index (χ1n) is 6.73. The second kappa shape index (κ2) is 6.59. The zero-order chi connectivity index (χ0) is 12.8. The fraction of sp³-hybridized carbons (Fsp3) is 0.643. The van der Waals surface area contributed by atoms with Gasteiger partial charge in [-0.3, -0.25) is 4.79 Å². The molecule has 1 aliphatic carbocycles. The van der Waals surface area contributed by atoms with Gasteiger partial charge in [-0.05, 0) is 25.0 Å². The van der Waals surface area contributed by atoms with Crippen LogP contribution in [0.5, 0.6) is 0 Å². The zero-order valence-electron chi connectivity index (χ0n) is 10.6. The monoisotopic (exact) mass is 251 g/mol. The second-order valence-corrected chi connectivity index (χ2v) is 5.00. The van der Waals surface area contributed by atoms with Crippen molar-refractivity contribution in [2.45, 2.75) is 44.6 Å². The van der Waals surface area contributed by atoms with Gasteiger partial charge in [-0.15, -0.1) is 0 Å². The van der Waals surface area contributed by atoms with Crippen molar-refractivity contribution in [1.29, 1.82) is 0 Å². The van der Waals surface area contributed by atoms with Crippen LogP contribution < -0.4 is 5.32 Å². The molecule has 1 aromatic rings. The summed E-state index contributed by atoms with van der Waals surface area (Å²) in [5, 5.41) is 12.7. The van der Waals surface area contributed by atoms with Crippen molar-refractivity contribution in [3.63, 3.8) is 0 Å². The van der Waals surface area contributed by atoms with Gasteiger partial charge in [0.25, 0.3) is 0 Å². The summed E-state index contributed by atoms with van der Waals surface area (Å²) in [5.41, 5.74) is 0. The van der Waals surface area contributed by atoms with Gasteiger partial charge < -0.3 is 14.8 Å².